The van der Waals surface area contributed by atoms with Gasteiger partial charge >= 0.3 is 0 Å². The highest BCUT2D eigenvalue weighted by Gasteiger charge is 2.24. The quantitative estimate of drug-likeness (QED) is 0.581. The Morgan fingerprint density at radius 3 is 2.44 bits per heavy atom. The summed E-state index contributed by atoms with van der Waals surface area (Å²) in [7, 11) is 0. The second kappa shape index (κ2) is 9.46. The zero-order chi connectivity index (χ0) is 22.7. The van der Waals surface area contributed by atoms with Gasteiger partial charge in [-0.25, -0.2) is 13.8 Å². The largest absolute Gasteiger partial charge is 0.492 e. The van der Waals surface area contributed by atoms with E-state index in [1.54, 1.807) is 24.3 Å². The summed E-state index contributed by atoms with van der Waals surface area (Å²) in [5.41, 5.74) is 5.18. The zero-order valence-electron chi connectivity index (χ0n) is 17.3. The summed E-state index contributed by atoms with van der Waals surface area (Å²) in [4.78, 5) is 18.0. The summed E-state index contributed by atoms with van der Waals surface area (Å²) in [5.74, 6) is -2.32. The lowest BCUT2D eigenvalue weighted by atomic mass is 10.1. The summed E-state index contributed by atoms with van der Waals surface area (Å²) >= 11 is 0. The molecule has 1 aromatic heterocycles. The fraction of sp³-hybridized carbons (Fsp3) is 0.304. The van der Waals surface area contributed by atoms with E-state index in [0.29, 0.717) is 17.9 Å². The average molecular weight is 443 g/mol. The summed E-state index contributed by atoms with van der Waals surface area (Å²) in [6, 6.07) is 10.1. The molecule has 0 unspecified atom stereocenters. The number of hydrogen-bond donors (Lipinski definition) is 2. The van der Waals surface area contributed by atoms with E-state index in [1.165, 1.54) is 6.07 Å². The fourth-order valence-electron chi connectivity index (χ4n) is 3.63. The lowest BCUT2D eigenvalue weighted by Gasteiger charge is -2.29. The van der Waals surface area contributed by atoms with Gasteiger partial charge in [0.25, 0.3) is 5.91 Å². The number of hydrogen-bond acceptors (Lipinski definition) is 6. The van der Waals surface area contributed by atoms with Crippen LogP contribution in [0.15, 0.2) is 46.9 Å². The molecule has 7 nitrogen and oxygen atoms in total. The third-order valence-electron chi connectivity index (χ3n) is 5.39. The molecule has 1 aliphatic rings. The molecule has 3 aromatic rings. The molecule has 0 bridgehead atoms. The number of aliphatic hydroxyl groups excluding tert-OH is 1. The highest BCUT2D eigenvalue weighted by Crippen LogP contribution is 2.33. The van der Waals surface area contributed by atoms with E-state index in [1.807, 2.05) is 0 Å². The Morgan fingerprint density at radius 2 is 1.81 bits per heavy atom. The minimum absolute atomic E-state index is 0.0218. The fourth-order valence-corrected chi connectivity index (χ4v) is 3.63. The van der Waals surface area contributed by atoms with Gasteiger partial charge < -0.3 is 20.0 Å². The van der Waals surface area contributed by atoms with Gasteiger partial charge in [-0.15, -0.1) is 0 Å². The maximum Gasteiger partial charge on any atom is 0.271 e. The number of halogens is 2. The number of piperidine rings is 1. The lowest BCUT2D eigenvalue weighted by molar-refractivity contribution is 0.0755. The molecule has 4 rings (SSSR count). The molecule has 2 aromatic carbocycles. The third-order valence-corrected chi connectivity index (χ3v) is 5.39. The molecule has 1 fully saturated rings. The number of rotatable bonds is 7. The predicted molar refractivity (Wildman–Crippen MR) is 113 cm³/mol. The van der Waals surface area contributed by atoms with Crippen LogP contribution in [0.1, 0.15) is 23.3 Å². The first-order valence-corrected chi connectivity index (χ1v) is 10.3. The number of amides is 1. The Kier molecular flexibility index (Phi) is 6.48. The molecule has 2 heterocycles. The molecule has 32 heavy (non-hydrogen) atoms. The summed E-state index contributed by atoms with van der Waals surface area (Å²) in [5, 5.41) is 9.56. The van der Waals surface area contributed by atoms with E-state index < -0.39 is 23.1 Å². The number of carbonyl (C=O) groups is 1. The van der Waals surface area contributed by atoms with Gasteiger partial charge in [-0.2, -0.15) is 0 Å². The van der Waals surface area contributed by atoms with Gasteiger partial charge in [-0.05, 0) is 49.2 Å². The third kappa shape index (κ3) is 4.79. The molecule has 0 aliphatic carbocycles. The van der Waals surface area contributed by atoms with E-state index in [2.05, 4.69) is 9.88 Å². The second-order valence-corrected chi connectivity index (χ2v) is 7.60. The Hall–Kier alpha value is -3.30. The predicted octanol–water partition coefficient (Wildman–Crippen LogP) is 3.22. The summed E-state index contributed by atoms with van der Waals surface area (Å²) < 4.78 is 39.6. The zero-order valence-corrected chi connectivity index (χ0v) is 17.3. The molecule has 1 saturated heterocycles. The van der Waals surface area contributed by atoms with Crippen molar-refractivity contribution in [2.75, 3.05) is 26.2 Å². The van der Waals surface area contributed by atoms with Crippen LogP contribution in [0, 0.1) is 11.6 Å². The smallest absolute Gasteiger partial charge is 0.271 e. The van der Waals surface area contributed by atoms with Crippen LogP contribution in [-0.4, -0.2) is 53.2 Å². The van der Waals surface area contributed by atoms with Crippen molar-refractivity contribution in [3.8, 4) is 28.5 Å². The number of benzene rings is 2. The molecule has 0 atom stereocenters. The normalized spacial score (nSPS) is 15.1. The van der Waals surface area contributed by atoms with Crippen molar-refractivity contribution in [1.82, 2.24) is 9.88 Å². The molecule has 0 radical (unpaired) electrons. The van der Waals surface area contributed by atoms with E-state index in [-0.39, 0.29) is 23.4 Å². The van der Waals surface area contributed by atoms with Gasteiger partial charge in [-0.3, -0.25) is 9.69 Å². The van der Waals surface area contributed by atoms with Crippen LogP contribution in [-0.2, 0) is 0 Å². The van der Waals surface area contributed by atoms with Gasteiger partial charge in [-0.1, -0.05) is 6.07 Å². The van der Waals surface area contributed by atoms with Gasteiger partial charge in [0.1, 0.15) is 29.6 Å². The number of ether oxygens (including phenoxy) is 1. The maximum atomic E-state index is 14.1. The van der Waals surface area contributed by atoms with Crippen LogP contribution in [0.3, 0.4) is 0 Å². The second-order valence-electron chi connectivity index (χ2n) is 7.60. The van der Waals surface area contributed by atoms with E-state index >= 15 is 0 Å². The van der Waals surface area contributed by atoms with Crippen molar-refractivity contribution in [3.63, 3.8) is 0 Å². The lowest BCUT2D eigenvalue weighted by Crippen LogP contribution is -2.38. The van der Waals surface area contributed by atoms with Crippen LogP contribution in [0.2, 0.25) is 0 Å². The minimum atomic E-state index is -0.876. The van der Waals surface area contributed by atoms with E-state index in [4.69, 9.17) is 14.9 Å². The maximum absolute atomic E-state index is 14.1. The van der Waals surface area contributed by atoms with E-state index in [9.17, 15) is 18.7 Å². The number of nitrogens with two attached hydrogens (primary N) is 1. The molecule has 9 heteroatoms. The van der Waals surface area contributed by atoms with Crippen LogP contribution in [0.25, 0.3) is 22.8 Å². The number of likely N-dealkylation sites (tertiary alicyclic amines) is 1. The molecule has 0 spiro atoms. The first-order chi connectivity index (χ1) is 15.4. The van der Waals surface area contributed by atoms with Crippen LogP contribution in [0.4, 0.5) is 8.78 Å². The number of primary amides is 1. The number of oxazole rings is 1. The van der Waals surface area contributed by atoms with Crippen LogP contribution >= 0.6 is 0 Å². The average Bonchev–Trinajstić information content (AvgIpc) is 3.21. The molecule has 3 N–H and O–H groups in total. The van der Waals surface area contributed by atoms with Crippen molar-refractivity contribution in [3.05, 3.63) is 59.8 Å². The topological polar surface area (TPSA) is 102 Å². The standard InChI is InChI=1S/C23H23F2N3O4/c24-17-2-1-3-18(25)19(17)23-27-20(22(26)30)21(32-23)14-4-6-16(7-5-14)31-13-12-28-10-8-15(29)9-11-28/h1-7,15,29H,8-13H2,(H2,26,30). The van der Waals surface area contributed by atoms with Crippen molar-refractivity contribution >= 4 is 5.91 Å². The summed E-state index contributed by atoms with van der Waals surface area (Å²) in [6.45, 7) is 2.92. The van der Waals surface area contributed by atoms with Gasteiger partial charge in [0.05, 0.1) is 6.10 Å². The number of aliphatic hydroxyl groups is 1. The first-order valence-electron chi connectivity index (χ1n) is 10.3. The molecular weight excluding hydrogens is 420 g/mol. The number of aromatic nitrogens is 1. The Balaban J connectivity index is 1.48. The van der Waals surface area contributed by atoms with Crippen LogP contribution < -0.4 is 10.5 Å². The Morgan fingerprint density at radius 1 is 1.16 bits per heavy atom. The van der Waals surface area contributed by atoms with E-state index in [0.717, 1.165) is 44.6 Å². The van der Waals surface area contributed by atoms with Crippen molar-refractivity contribution < 1.29 is 27.8 Å². The minimum Gasteiger partial charge on any atom is -0.492 e. The molecule has 1 aliphatic heterocycles. The first kappa shape index (κ1) is 21.9. The van der Waals surface area contributed by atoms with Gasteiger partial charge in [0, 0.05) is 25.2 Å². The van der Waals surface area contributed by atoms with Gasteiger partial charge in [0.2, 0.25) is 5.89 Å². The molecule has 1 amide bonds. The molecule has 168 valence electrons. The van der Waals surface area contributed by atoms with Crippen LogP contribution in [0.5, 0.6) is 5.75 Å². The van der Waals surface area contributed by atoms with Crippen molar-refractivity contribution in [2.24, 2.45) is 5.73 Å². The highest BCUT2D eigenvalue weighted by atomic mass is 19.1. The van der Waals surface area contributed by atoms with Gasteiger partial charge in [0.15, 0.2) is 11.5 Å². The number of carbonyl (C=O) groups excluding carboxylic acids is 1. The van der Waals surface area contributed by atoms with Crippen molar-refractivity contribution in [2.45, 2.75) is 18.9 Å². The monoisotopic (exact) mass is 443 g/mol. The Labute approximate surface area is 183 Å². The Bertz CT molecular complexity index is 1070. The molecular formula is C23H23F2N3O4. The number of nitrogens with zero attached hydrogens (tertiary/aromatic N) is 2. The molecule has 0 saturated carbocycles. The highest BCUT2D eigenvalue weighted by molar-refractivity contribution is 5.97. The summed E-state index contributed by atoms with van der Waals surface area (Å²) in [6.07, 6.45) is 1.33. The SMILES string of the molecule is NC(=O)c1nc(-c2c(F)cccc2F)oc1-c1ccc(OCCN2CCC(O)CC2)cc1. The van der Waals surface area contributed by atoms with Crippen molar-refractivity contribution in [1.29, 1.82) is 0 Å².